The molecule has 10 heteroatoms. The summed E-state index contributed by atoms with van der Waals surface area (Å²) in [7, 11) is 0. The maximum atomic E-state index is 12.4. The van der Waals surface area contributed by atoms with E-state index in [1.165, 1.54) is 16.9 Å². The zero-order valence-electron chi connectivity index (χ0n) is 14.6. The third kappa shape index (κ3) is 3.85. The average molecular weight is 373 g/mol. The number of benzene rings is 1. The quantitative estimate of drug-likeness (QED) is 0.566. The molecule has 1 aromatic heterocycles. The second-order valence-electron chi connectivity index (χ2n) is 6.47. The average Bonchev–Trinajstić information content (AvgIpc) is 3.31. The van der Waals surface area contributed by atoms with Gasteiger partial charge in [-0.1, -0.05) is 6.07 Å². The predicted molar refractivity (Wildman–Crippen MR) is 93.3 cm³/mol. The van der Waals surface area contributed by atoms with Crippen molar-refractivity contribution in [1.82, 2.24) is 19.6 Å². The van der Waals surface area contributed by atoms with Crippen molar-refractivity contribution in [3.05, 3.63) is 46.1 Å². The van der Waals surface area contributed by atoms with Gasteiger partial charge in [-0.15, -0.1) is 0 Å². The fraction of sp³-hybridized carbons (Fsp3) is 0.412. The lowest BCUT2D eigenvalue weighted by molar-refractivity contribution is -0.389. The molecule has 0 atom stereocenters. The van der Waals surface area contributed by atoms with Crippen LogP contribution < -0.4 is 9.47 Å². The topological polar surface area (TPSA) is 103 Å². The van der Waals surface area contributed by atoms with Crippen molar-refractivity contribution in [2.45, 2.75) is 13.1 Å². The van der Waals surface area contributed by atoms with Crippen LogP contribution in [-0.2, 0) is 17.9 Å². The number of rotatable bonds is 5. The van der Waals surface area contributed by atoms with E-state index in [9.17, 15) is 14.9 Å². The number of piperazine rings is 1. The minimum Gasteiger partial charge on any atom is -0.454 e. The third-order valence-corrected chi connectivity index (χ3v) is 4.68. The summed E-state index contributed by atoms with van der Waals surface area (Å²) in [6, 6.07) is 7.22. The molecule has 1 amide bonds. The number of ether oxygens (including phenoxy) is 2. The molecule has 27 heavy (non-hydrogen) atoms. The second-order valence-corrected chi connectivity index (χ2v) is 6.47. The van der Waals surface area contributed by atoms with Crippen LogP contribution in [0.4, 0.5) is 5.82 Å². The second kappa shape index (κ2) is 7.23. The molecule has 0 radical (unpaired) electrons. The highest BCUT2D eigenvalue weighted by Gasteiger charge is 2.23. The molecule has 3 heterocycles. The number of carbonyl (C=O) groups excluding carboxylic acids is 1. The van der Waals surface area contributed by atoms with E-state index in [-0.39, 0.29) is 25.1 Å². The van der Waals surface area contributed by atoms with Crippen molar-refractivity contribution in [3.8, 4) is 11.5 Å². The van der Waals surface area contributed by atoms with Gasteiger partial charge in [-0.3, -0.25) is 9.69 Å². The van der Waals surface area contributed by atoms with E-state index < -0.39 is 4.92 Å². The zero-order valence-corrected chi connectivity index (χ0v) is 14.6. The van der Waals surface area contributed by atoms with E-state index in [4.69, 9.17) is 9.47 Å². The van der Waals surface area contributed by atoms with Crippen molar-refractivity contribution >= 4 is 11.7 Å². The minimum absolute atomic E-state index is 0.00992. The summed E-state index contributed by atoms with van der Waals surface area (Å²) < 4.78 is 12.0. The SMILES string of the molecule is O=C(Cn1ccc([N+](=O)[O-])n1)N1CCN(Cc2ccc3c(c2)OCO3)CC1. The summed E-state index contributed by atoms with van der Waals surface area (Å²) in [5.74, 6) is 1.20. The normalized spacial score (nSPS) is 16.5. The number of fused-ring (bicyclic) bond motifs is 1. The van der Waals surface area contributed by atoms with E-state index in [1.54, 1.807) is 4.90 Å². The molecule has 2 aliphatic rings. The lowest BCUT2D eigenvalue weighted by Crippen LogP contribution is -2.49. The lowest BCUT2D eigenvalue weighted by atomic mass is 10.1. The molecule has 0 spiro atoms. The summed E-state index contributed by atoms with van der Waals surface area (Å²) in [4.78, 5) is 26.5. The van der Waals surface area contributed by atoms with Gasteiger partial charge in [-0.25, -0.2) is 0 Å². The van der Waals surface area contributed by atoms with Crippen LogP contribution in [0.25, 0.3) is 0 Å². The molecule has 0 unspecified atom stereocenters. The Kier molecular flexibility index (Phi) is 4.63. The molecular weight excluding hydrogens is 354 g/mol. The highest BCUT2D eigenvalue weighted by atomic mass is 16.7. The predicted octanol–water partition coefficient (Wildman–Crippen LogP) is 0.864. The lowest BCUT2D eigenvalue weighted by Gasteiger charge is -2.34. The third-order valence-electron chi connectivity index (χ3n) is 4.68. The number of aromatic nitrogens is 2. The standard InChI is InChI=1S/C17H19N5O5/c23-17(11-21-4-3-16(18-21)22(24)25)20-7-5-19(6-8-20)10-13-1-2-14-15(9-13)27-12-26-14/h1-4,9H,5-8,10-12H2. The van der Waals surface area contributed by atoms with Crippen LogP contribution >= 0.6 is 0 Å². The molecule has 10 nitrogen and oxygen atoms in total. The summed E-state index contributed by atoms with van der Waals surface area (Å²) in [5.41, 5.74) is 1.14. The fourth-order valence-electron chi connectivity index (χ4n) is 3.23. The summed E-state index contributed by atoms with van der Waals surface area (Å²) >= 11 is 0. The Balaban J connectivity index is 1.28. The van der Waals surface area contributed by atoms with Gasteiger partial charge in [-0.05, 0) is 22.6 Å². The summed E-state index contributed by atoms with van der Waals surface area (Å²) in [6.45, 7) is 3.82. The first-order valence-electron chi connectivity index (χ1n) is 8.65. The summed E-state index contributed by atoms with van der Waals surface area (Å²) in [6.07, 6.45) is 1.45. The van der Waals surface area contributed by atoms with Gasteiger partial charge in [0.1, 0.15) is 6.54 Å². The Morgan fingerprint density at radius 2 is 1.93 bits per heavy atom. The first-order valence-corrected chi connectivity index (χ1v) is 8.65. The van der Waals surface area contributed by atoms with E-state index in [2.05, 4.69) is 10.00 Å². The Morgan fingerprint density at radius 1 is 1.15 bits per heavy atom. The van der Waals surface area contributed by atoms with Crippen molar-refractivity contribution < 1.29 is 19.2 Å². The van der Waals surface area contributed by atoms with Crippen LogP contribution in [0.5, 0.6) is 11.5 Å². The van der Waals surface area contributed by atoms with Crippen LogP contribution in [0.1, 0.15) is 5.56 Å². The number of nitrogens with zero attached hydrogens (tertiary/aromatic N) is 5. The molecule has 1 saturated heterocycles. The van der Waals surface area contributed by atoms with E-state index >= 15 is 0 Å². The fourth-order valence-corrected chi connectivity index (χ4v) is 3.23. The number of amides is 1. The van der Waals surface area contributed by atoms with Crippen LogP contribution in [0, 0.1) is 10.1 Å². The summed E-state index contributed by atoms with van der Waals surface area (Å²) in [5, 5.41) is 14.4. The molecule has 0 aliphatic carbocycles. The Bertz CT molecular complexity index is 859. The maximum Gasteiger partial charge on any atom is 0.389 e. The molecule has 0 bridgehead atoms. The Hall–Kier alpha value is -3.14. The molecule has 142 valence electrons. The highest BCUT2D eigenvalue weighted by molar-refractivity contribution is 5.76. The van der Waals surface area contributed by atoms with E-state index in [0.29, 0.717) is 13.1 Å². The number of hydrogen-bond donors (Lipinski definition) is 0. The Morgan fingerprint density at radius 3 is 2.67 bits per heavy atom. The first kappa shape index (κ1) is 17.3. The van der Waals surface area contributed by atoms with Crippen LogP contribution in [0.15, 0.2) is 30.5 Å². The van der Waals surface area contributed by atoms with Gasteiger partial charge in [0, 0.05) is 32.7 Å². The van der Waals surface area contributed by atoms with Crippen LogP contribution in [0.2, 0.25) is 0 Å². The van der Waals surface area contributed by atoms with Gasteiger partial charge in [-0.2, -0.15) is 4.68 Å². The molecule has 1 fully saturated rings. The number of hydrogen-bond acceptors (Lipinski definition) is 7. The van der Waals surface area contributed by atoms with Gasteiger partial charge < -0.3 is 24.5 Å². The zero-order chi connectivity index (χ0) is 18.8. The van der Waals surface area contributed by atoms with Gasteiger partial charge in [0.25, 0.3) is 0 Å². The molecule has 2 aromatic rings. The first-order chi connectivity index (χ1) is 13.1. The minimum atomic E-state index is -0.574. The van der Waals surface area contributed by atoms with Crippen molar-refractivity contribution in [2.75, 3.05) is 33.0 Å². The molecule has 2 aliphatic heterocycles. The van der Waals surface area contributed by atoms with Crippen LogP contribution in [-0.4, -0.2) is 63.4 Å². The van der Waals surface area contributed by atoms with Gasteiger partial charge >= 0.3 is 5.82 Å². The van der Waals surface area contributed by atoms with Crippen molar-refractivity contribution in [3.63, 3.8) is 0 Å². The van der Waals surface area contributed by atoms with E-state index in [1.807, 2.05) is 18.2 Å². The monoisotopic (exact) mass is 373 g/mol. The molecule has 0 saturated carbocycles. The smallest absolute Gasteiger partial charge is 0.389 e. The highest BCUT2D eigenvalue weighted by Crippen LogP contribution is 2.32. The number of carbonyl (C=O) groups is 1. The van der Waals surface area contributed by atoms with Gasteiger partial charge in [0.15, 0.2) is 11.5 Å². The van der Waals surface area contributed by atoms with Crippen LogP contribution in [0.3, 0.4) is 0 Å². The van der Waals surface area contributed by atoms with E-state index in [0.717, 1.165) is 36.7 Å². The molecule has 1 aromatic carbocycles. The molecule has 0 N–H and O–H groups in total. The molecule has 4 rings (SSSR count). The van der Waals surface area contributed by atoms with Crippen molar-refractivity contribution in [1.29, 1.82) is 0 Å². The largest absolute Gasteiger partial charge is 0.454 e. The van der Waals surface area contributed by atoms with Crippen molar-refractivity contribution in [2.24, 2.45) is 0 Å². The van der Waals surface area contributed by atoms with Gasteiger partial charge in [0.2, 0.25) is 12.7 Å². The number of nitro groups is 1. The Labute approximate surface area is 155 Å². The maximum absolute atomic E-state index is 12.4. The van der Waals surface area contributed by atoms with Gasteiger partial charge in [0.05, 0.1) is 17.4 Å². The molecular formula is C17H19N5O5.